The first-order valence-corrected chi connectivity index (χ1v) is 5.77. The van der Waals surface area contributed by atoms with Gasteiger partial charge in [0.15, 0.2) is 0 Å². The number of fused-ring (bicyclic) bond motifs is 1. The zero-order chi connectivity index (χ0) is 11.8. The molecule has 3 nitrogen and oxygen atoms in total. The Kier molecular flexibility index (Phi) is 2.66. The molecule has 0 spiro atoms. The Morgan fingerprint density at radius 1 is 1.50 bits per heavy atom. The number of carbonyl (C=O) groups excluding carboxylic acids is 1. The number of hydrogen-bond acceptors (Lipinski definition) is 3. The number of carbonyl (C=O) groups is 1. The summed E-state index contributed by atoms with van der Waals surface area (Å²) in [7, 11) is 0. The van der Waals surface area contributed by atoms with Crippen LogP contribution in [-0.2, 0) is 14.3 Å². The molecule has 0 N–H and O–H groups in total. The minimum atomic E-state index is -0.820. The van der Waals surface area contributed by atoms with Crippen LogP contribution in [0.1, 0.15) is 33.6 Å². The van der Waals surface area contributed by atoms with E-state index in [1.54, 1.807) is 6.08 Å². The molecule has 2 atom stereocenters. The zero-order valence-electron chi connectivity index (χ0n) is 10.0. The van der Waals surface area contributed by atoms with Crippen LogP contribution < -0.4 is 0 Å². The van der Waals surface area contributed by atoms with E-state index in [-0.39, 0.29) is 12.1 Å². The predicted molar refractivity (Wildman–Crippen MR) is 61.0 cm³/mol. The Labute approximate surface area is 96.1 Å². The van der Waals surface area contributed by atoms with Crippen LogP contribution in [0.25, 0.3) is 0 Å². The second kappa shape index (κ2) is 3.74. The van der Waals surface area contributed by atoms with Gasteiger partial charge in [0, 0.05) is 0 Å². The maximum atomic E-state index is 12.0. The highest BCUT2D eigenvalue weighted by Gasteiger charge is 2.62. The van der Waals surface area contributed by atoms with Gasteiger partial charge in [0.05, 0.1) is 0 Å². The minimum Gasteiger partial charge on any atom is -0.457 e. The monoisotopic (exact) mass is 222 g/mol. The van der Waals surface area contributed by atoms with Gasteiger partial charge >= 0.3 is 5.97 Å². The number of ether oxygens (including phenoxy) is 2. The number of allylic oxidation sites excluding steroid dienone is 2. The molecular formula is C13H18O3. The van der Waals surface area contributed by atoms with E-state index in [1.165, 1.54) is 0 Å². The summed E-state index contributed by atoms with van der Waals surface area (Å²) in [5, 5.41) is 0. The summed E-state index contributed by atoms with van der Waals surface area (Å²) in [5.41, 5.74) is -1.23. The minimum absolute atomic E-state index is 0.123. The van der Waals surface area contributed by atoms with Crippen LogP contribution in [-0.4, -0.2) is 23.3 Å². The van der Waals surface area contributed by atoms with Gasteiger partial charge in [-0.25, -0.2) is 4.79 Å². The van der Waals surface area contributed by atoms with Crippen molar-refractivity contribution >= 4 is 5.97 Å². The van der Waals surface area contributed by atoms with E-state index < -0.39 is 11.2 Å². The maximum Gasteiger partial charge on any atom is 0.346 e. The fourth-order valence-electron chi connectivity index (χ4n) is 2.07. The molecule has 0 aromatic heterocycles. The van der Waals surface area contributed by atoms with E-state index >= 15 is 0 Å². The van der Waals surface area contributed by atoms with E-state index in [9.17, 15) is 4.79 Å². The smallest absolute Gasteiger partial charge is 0.346 e. The first kappa shape index (κ1) is 11.4. The number of epoxide rings is 1. The quantitative estimate of drug-likeness (QED) is 0.541. The molecule has 3 heteroatoms. The Hall–Kier alpha value is -1.09. The third-order valence-electron chi connectivity index (χ3n) is 2.97. The summed E-state index contributed by atoms with van der Waals surface area (Å²) < 4.78 is 10.9. The van der Waals surface area contributed by atoms with Crippen molar-refractivity contribution in [2.45, 2.75) is 50.9 Å². The molecule has 2 unspecified atom stereocenters. The lowest BCUT2D eigenvalue weighted by Gasteiger charge is -2.26. The molecular weight excluding hydrogens is 204 g/mol. The molecule has 1 fully saturated rings. The Morgan fingerprint density at radius 2 is 2.25 bits per heavy atom. The molecule has 88 valence electrons. The molecule has 0 saturated carbocycles. The van der Waals surface area contributed by atoms with Crippen LogP contribution in [0.4, 0.5) is 0 Å². The molecule has 1 heterocycles. The highest BCUT2D eigenvalue weighted by atomic mass is 16.7. The Bertz CT molecular complexity index is 354. The van der Waals surface area contributed by atoms with E-state index in [1.807, 2.05) is 32.1 Å². The van der Waals surface area contributed by atoms with Gasteiger partial charge in [-0.15, -0.1) is 0 Å². The van der Waals surface area contributed by atoms with Crippen LogP contribution in [0.5, 0.6) is 0 Å². The van der Waals surface area contributed by atoms with Gasteiger partial charge in [-0.3, -0.25) is 0 Å². The second-order valence-corrected chi connectivity index (χ2v) is 4.97. The number of hydrogen-bond donors (Lipinski definition) is 0. The molecule has 0 aromatic carbocycles. The summed E-state index contributed by atoms with van der Waals surface area (Å²) in [4.78, 5) is 12.0. The molecule has 2 rings (SSSR count). The van der Waals surface area contributed by atoms with Crippen LogP contribution in [0.15, 0.2) is 24.3 Å². The molecule has 0 amide bonds. The Morgan fingerprint density at radius 3 is 2.88 bits per heavy atom. The maximum absolute atomic E-state index is 12.0. The molecule has 0 bridgehead atoms. The van der Waals surface area contributed by atoms with E-state index in [0.29, 0.717) is 0 Å². The van der Waals surface area contributed by atoms with E-state index in [2.05, 4.69) is 6.92 Å². The lowest BCUT2D eigenvalue weighted by atomic mass is 9.99. The summed E-state index contributed by atoms with van der Waals surface area (Å²) >= 11 is 0. The SMILES string of the molecule is CCCC(C)(C)OC(=O)C12C=CC=CC1O2. The second-order valence-electron chi connectivity index (χ2n) is 4.97. The molecule has 0 radical (unpaired) electrons. The van der Waals surface area contributed by atoms with Crippen LogP contribution >= 0.6 is 0 Å². The summed E-state index contributed by atoms with van der Waals surface area (Å²) in [6.07, 6.45) is 9.11. The van der Waals surface area contributed by atoms with E-state index in [4.69, 9.17) is 9.47 Å². The standard InChI is InChI=1S/C13H18O3/c1-4-8-12(2,3)16-11(14)13-9-6-5-7-10(13)15-13/h5-7,9-10H,4,8H2,1-3H3. The van der Waals surface area contributed by atoms with Crippen molar-refractivity contribution in [3.8, 4) is 0 Å². The van der Waals surface area contributed by atoms with Crippen molar-refractivity contribution in [2.24, 2.45) is 0 Å². The van der Waals surface area contributed by atoms with Crippen LogP contribution in [0.3, 0.4) is 0 Å². The fraction of sp³-hybridized carbons (Fsp3) is 0.615. The van der Waals surface area contributed by atoms with Gasteiger partial charge in [-0.2, -0.15) is 0 Å². The van der Waals surface area contributed by atoms with Gasteiger partial charge in [-0.1, -0.05) is 31.6 Å². The Balaban J connectivity index is 2.00. The van der Waals surface area contributed by atoms with Crippen molar-refractivity contribution in [3.63, 3.8) is 0 Å². The van der Waals surface area contributed by atoms with E-state index in [0.717, 1.165) is 12.8 Å². The molecule has 2 aliphatic rings. The summed E-state index contributed by atoms with van der Waals surface area (Å²) in [6, 6.07) is 0. The van der Waals surface area contributed by atoms with Gasteiger partial charge in [0.25, 0.3) is 0 Å². The third kappa shape index (κ3) is 1.92. The average Bonchev–Trinajstić information content (AvgIpc) is 2.91. The highest BCUT2D eigenvalue weighted by Crippen LogP contribution is 2.43. The van der Waals surface area contributed by atoms with Crippen molar-refractivity contribution < 1.29 is 14.3 Å². The van der Waals surface area contributed by atoms with Crippen molar-refractivity contribution in [1.82, 2.24) is 0 Å². The van der Waals surface area contributed by atoms with Gasteiger partial charge in [0.2, 0.25) is 5.60 Å². The largest absolute Gasteiger partial charge is 0.457 e. The highest BCUT2D eigenvalue weighted by molar-refractivity contribution is 5.87. The van der Waals surface area contributed by atoms with Crippen LogP contribution in [0, 0.1) is 0 Å². The lowest BCUT2D eigenvalue weighted by molar-refractivity contribution is -0.161. The van der Waals surface area contributed by atoms with Crippen molar-refractivity contribution in [1.29, 1.82) is 0 Å². The van der Waals surface area contributed by atoms with Crippen molar-refractivity contribution in [3.05, 3.63) is 24.3 Å². The molecule has 1 saturated heterocycles. The molecule has 0 aromatic rings. The molecule has 1 aliphatic carbocycles. The summed E-state index contributed by atoms with van der Waals surface area (Å²) in [6.45, 7) is 5.95. The normalized spacial score (nSPS) is 31.1. The number of rotatable bonds is 4. The number of esters is 1. The molecule has 1 aliphatic heterocycles. The first-order chi connectivity index (χ1) is 7.50. The fourth-order valence-corrected chi connectivity index (χ4v) is 2.07. The van der Waals surface area contributed by atoms with Crippen LogP contribution in [0.2, 0.25) is 0 Å². The third-order valence-corrected chi connectivity index (χ3v) is 2.97. The average molecular weight is 222 g/mol. The predicted octanol–water partition coefficient (Wildman–Crippen LogP) is 2.37. The molecule has 16 heavy (non-hydrogen) atoms. The van der Waals surface area contributed by atoms with Crippen molar-refractivity contribution in [2.75, 3.05) is 0 Å². The topological polar surface area (TPSA) is 38.8 Å². The lowest BCUT2D eigenvalue weighted by Crippen LogP contribution is -2.36. The van der Waals surface area contributed by atoms with Gasteiger partial charge in [-0.05, 0) is 26.3 Å². The summed E-state index contributed by atoms with van der Waals surface area (Å²) in [5.74, 6) is -0.267. The first-order valence-electron chi connectivity index (χ1n) is 5.77. The van der Waals surface area contributed by atoms with Gasteiger partial charge in [0.1, 0.15) is 11.7 Å². The zero-order valence-corrected chi connectivity index (χ0v) is 10.0. The van der Waals surface area contributed by atoms with Gasteiger partial charge < -0.3 is 9.47 Å².